The summed E-state index contributed by atoms with van der Waals surface area (Å²) in [5.41, 5.74) is 5.57. The second-order valence-electron chi connectivity index (χ2n) is 2.98. The quantitative estimate of drug-likeness (QED) is 0.589. The normalized spacial score (nSPS) is 35.9. The average molecular weight is 127 g/mol. The molecule has 0 aromatic rings. The first kappa shape index (κ1) is 6.75. The Morgan fingerprint density at radius 3 is 2.44 bits per heavy atom. The third-order valence-electron chi connectivity index (χ3n) is 2.04. The molecule has 1 aliphatic carbocycles. The van der Waals surface area contributed by atoms with E-state index in [1.807, 2.05) is 6.92 Å². The Balaban J connectivity index is 2.33. The predicted molar refractivity (Wildman–Crippen MR) is 35.9 cm³/mol. The molecule has 3 atom stereocenters. The molecule has 0 saturated heterocycles. The fourth-order valence-corrected chi connectivity index (χ4v) is 1.26. The Morgan fingerprint density at radius 2 is 2.33 bits per heavy atom. The van der Waals surface area contributed by atoms with Gasteiger partial charge in [0.2, 0.25) is 0 Å². The van der Waals surface area contributed by atoms with Crippen LogP contribution in [0.25, 0.3) is 0 Å². The van der Waals surface area contributed by atoms with E-state index in [9.17, 15) is 4.79 Å². The number of nitrogens with two attached hydrogens (primary N) is 1. The number of Topliss-reactive ketones (excluding diaryl/α,β-unsaturated/α-hetero) is 1. The maximum absolute atomic E-state index is 10.7. The van der Waals surface area contributed by atoms with Crippen LogP contribution in [0.5, 0.6) is 0 Å². The maximum atomic E-state index is 10.7. The monoisotopic (exact) mass is 127 g/mol. The van der Waals surface area contributed by atoms with Crippen LogP contribution in [0.1, 0.15) is 20.3 Å². The molecule has 0 aliphatic heterocycles. The lowest BCUT2D eigenvalue weighted by Crippen LogP contribution is -2.19. The van der Waals surface area contributed by atoms with Crippen molar-refractivity contribution in [3.63, 3.8) is 0 Å². The van der Waals surface area contributed by atoms with E-state index in [1.165, 1.54) is 0 Å². The number of hydrogen-bond acceptors (Lipinski definition) is 2. The molecule has 0 heterocycles. The highest BCUT2D eigenvalue weighted by molar-refractivity contribution is 5.81. The van der Waals surface area contributed by atoms with Crippen LogP contribution in [0.3, 0.4) is 0 Å². The van der Waals surface area contributed by atoms with E-state index in [2.05, 4.69) is 0 Å². The van der Waals surface area contributed by atoms with Crippen molar-refractivity contribution in [1.29, 1.82) is 0 Å². The summed E-state index contributed by atoms with van der Waals surface area (Å²) >= 11 is 0. The van der Waals surface area contributed by atoms with Crippen molar-refractivity contribution >= 4 is 5.78 Å². The first-order valence-electron chi connectivity index (χ1n) is 3.39. The van der Waals surface area contributed by atoms with Crippen LogP contribution in [0.15, 0.2) is 0 Å². The van der Waals surface area contributed by atoms with Crippen molar-refractivity contribution < 1.29 is 4.79 Å². The van der Waals surface area contributed by atoms with Crippen molar-refractivity contribution in [1.82, 2.24) is 0 Å². The molecule has 9 heavy (non-hydrogen) atoms. The molecule has 1 unspecified atom stereocenters. The van der Waals surface area contributed by atoms with Gasteiger partial charge in [0, 0.05) is 12.0 Å². The van der Waals surface area contributed by atoms with Gasteiger partial charge >= 0.3 is 0 Å². The van der Waals surface area contributed by atoms with E-state index in [1.54, 1.807) is 6.92 Å². The van der Waals surface area contributed by atoms with Gasteiger partial charge in [-0.05, 0) is 26.2 Å². The van der Waals surface area contributed by atoms with Gasteiger partial charge in [0.15, 0.2) is 0 Å². The van der Waals surface area contributed by atoms with E-state index < -0.39 is 0 Å². The highest BCUT2D eigenvalue weighted by atomic mass is 16.1. The number of rotatable bonds is 2. The Morgan fingerprint density at radius 1 is 1.78 bits per heavy atom. The van der Waals surface area contributed by atoms with Crippen LogP contribution in [0, 0.1) is 11.8 Å². The van der Waals surface area contributed by atoms with Gasteiger partial charge in [-0.25, -0.2) is 0 Å². The van der Waals surface area contributed by atoms with Crippen molar-refractivity contribution in [2.24, 2.45) is 17.6 Å². The van der Waals surface area contributed by atoms with Gasteiger partial charge in [0.05, 0.1) is 0 Å². The van der Waals surface area contributed by atoms with Gasteiger partial charge in [0.1, 0.15) is 5.78 Å². The maximum Gasteiger partial charge on any atom is 0.133 e. The molecular weight excluding hydrogens is 114 g/mol. The molecule has 52 valence electrons. The summed E-state index contributed by atoms with van der Waals surface area (Å²) < 4.78 is 0. The van der Waals surface area contributed by atoms with Crippen LogP contribution in [-0.4, -0.2) is 11.8 Å². The zero-order valence-corrected chi connectivity index (χ0v) is 5.92. The summed E-state index contributed by atoms with van der Waals surface area (Å²) in [6.45, 7) is 3.61. The molecule has 1 fully saturated rings. The standard InChI is InChI=1S/C7H13NO/c1-4(8)6-3-7(6)5(2)9/h4,6-7H,3,8H2,1-2H3/t4?,6-,7+/m0/s1. The van der Waals surface area contributed by atoms with Crippen LogP contribution in [0.2, 0.25) is 0 Å². The minimum Gasteiger partial charge on any atom is -0.328 e. The SMILES string of the molecule is CC(=O)[C@H]1C[C@H]1C(C)N. The highest BCUT2D eigenvalue weighted by Crippen LogP contribution is 2.40. The van der Waals surface area contributed by atoms with Crippen LogP contribution in [0.4, 0.5) is 0 Å². The molecule has 0 amide bonds. The summed E-state index contributed by atoms with van der Waals surface area (Å²) in [4.78, 5) is 10.7. The lowest BCUT2D eigenvalue weighted by molar-refractivity contribution is -0.118. The first-order chi connectivity index (χ1) is 4.13. The lowest BCUT2D eigenvalue weighted by atomic mass is 10.1. The summed E-state index contributed by atoms with van der Waals surface area (Å²) in [5, 5.41) is 0. The smallest absolute Gasteiger partial charge is 0.133 e. The number of ketones is 1. The molecular formula is C7H13NO. The number of hydrogen-bond donors (Lipinski definition) is 1. The predicted octanol–water partition coefficient (Wildman–Crippen LogP) is 0.559. The van der Waals surface area contributed by atoms with E-state index in [0.29, 0.717) is 17.6 Å². The Labute approximate surface area is 55.4 Å². The van der Waals surface area contributed by atoms with Gasteiger partial charge in [0.25, 0.3) is 0 Å². The van der Waals surface area contributed by atoms with Gasteiger partial charge in [-0.15, -0.1) is 0 Å². The molecule has 1 aliphatic rings. The second kappa shape index (κ2) is 2.10. The average Bonchev–Trinajstić information content (AvgIpc) is 2.39. The van der Waals surface area contributed by atoms with E-state index in [-0.39, 0.29) is 6.04 Å². The summed E-state index contributed by atoms with van der Waals surface area (Å²) in [6, 6.07) is 0.207. The molecule has 0 aromatic heterocycles. The van der Waals surface area contributed by atoms with E-state index in [4.69, 9.17) is 5.73 Å². The number of carbonyl (C=O) groups is 1. The topological polar surface area (TPSA) is 43.1 Å². The molecule has 2 heteroatoms. The fourth-order valence-electron chi connectivity index (χ4n) is 1.26. The minimum atomic E-state index is 0.207. The molecule has 0 aromatic carbocycles. The van der Waals surface area contributed by atoms with Crippen molar-refractivity contribution in [2.75, 3.05) is 0 Å². The zero-order chi connectivity index (χ0) is 7.02. The third kappa shape index (κ3) is 1.30. The molecule has 2 nitrogen and oxygen atoms in total. The Kier molecular flexibility index (Phi) is 1.58. The van der Waals surface area contributed by atoms with Crippen molar-refractivity contribution in [2.45, 2.75) is 26.3 Å². The van der Waals surface area contributed by atoms with Gasteiger partial charge in [-0.3, -0.25) is 4.79 Å². The first-order valence-corrected chi connectivity index (χ1v) is 3.39. The number of carbonyl (C=O) groups excluding carboxylic acids is 1. The fraction of sp³-hybridized carbons (Fsp3) is 0.857. The largest absolute Gasteiger partial charge is 0.328 e. The Bertz CT molecular complexity index is 131. The van der Waals surface area contributed by atoms with Crippen molar-refractivity contribution in [3.05, 3.63) is 0 Å². The van der Waals surface area contributed by atoms with Crippen LogP contribution in [-0.2, 0) is 4.79 Å². The third-order valence-corrected chi connectivity index (χ3v) is 2.04. The molecule has 0 spiro atoms. The van der Waals surface area contributed by atoms with Gasteiger partial charge in [-0.2, -0.15) is 0 Å². The molecule has 1 rings (SSSR count). The Hall–Kier alpha value is -0.370. The molecule has 0 bridgehead atoms. The molecule has 0 radical (unpaired) electrons. The van der Waals surface area contributed by atoms with E-state index in [0.717, 1.165) is 6.42 Å². The summed E-state index contributed by atoms with van der Waals surface area (Å²) in [7, 11) is 0. The zero-order valence-electron chi connectivity index (χ0n) is 5.92. The highest BCUT2D eigenvalue weighted by Gasteiger charge is 2.42. The minimum absolute atomic E-state index is 0.207. The van der Waals surface area contributed by atoms with Crippen LogP contribution >= 0.6 is 0 Å². The lowest BCUT2D eigenvalue weighted by Gasteiger charge is -1.99. The van der Waals surface area contributed by atoms with E-state index >= 15 is 0 Å². The van der Waals surface area contributed by atoms with Crippen LogP contribution < -0.4 is 5.73 Å². The molecule has 2 N–H and O–H groups in total. The summed E-state index contributed by atoms with van der Waals surface area (Å²) in [5.74, 6) is 1.09. The van der Waals surface area contributed by atoms with Gasteiger partial charge < -0.3 is 5.73 Å². The van der Waals surface area contributed by atoms with Gasteiger partial charge in [-0.1, -0.05) is 0 Å². The summed E-state index contributed by atoms with van der Waals surface area (Å²) in [6.07, 6.45) is 1.02. The molecule has 1 saturated carbocycles. The van der Waals surface area contributed by atoms with Crippen molar-refractivity contribution in [3.8, 4) is 0 Å². The second-order valence-corrected chi connectivity index (χ2v) is 2.98.